The number of amides is 1. The highest BCUT2D eigenvalue weighted by atomic mass is 35.5. The van der Waals surface area contributed by atoms with Gasteiger partial charge in [0.1, 0.15) is 5.58 Å². The minimum absolute atomic E-state index is 0.149. The zero-order chi connectivity index (χ0) is 22.1. The molecule has 6 heteroatoms. The number of benzene rings is 2. The number of hydrogen-bond acceptors (Lipinski definition) is 4. The van der Waals surface area contributed by atoms with E-state index in [0.717, 1.165) is 37.2 Å². The molecule has 5 nitrogen and oxygen atoms in total. The summed E-state index contributed by atoms with van der Waals surface area (Å²) < 4.78 is 6.02. The fourth-order valence-corrected chi connectivity index (χ4v) is 4.52. The first-order chi connectivity index (χ1) is 15.0. The number of aryl methyl sites for hydroxylation is 1. The van der Waals surface area contributed by atoms with Crippen molar-refractivity contribution in [2.45, 2.75) is 33.2 Å². The van der Waals surface area contributed by atoms with Crippen LogP contribution in [0.1, 0.15) is 53.6 Å². The molecule has 0 fully saturated rings. The van der Waals surface area contributed by atoms with Crippen molar-refractivity contribution in [1.29, 1.82) is 0 Å². The number of halogens is 1. The van der Waals surface area contributed by atoms with Crippen LogP contribution in [-0.2, 0) is 0 Å². The van der Waals surface area contributed by atoms with Gasteiger partial charge in [0.15, 0.2) is 5.43 Å². The smallest absolute Gasteiger partial charge is 0.290 e. The van der Waals surface area contributed by atoms with Gasteiger partial charge in [0.25, 0.3) is 5.91 Å². The quantitative estimate of drug-likeness (QED) is 0.519. The fourth-order valence-electron chi connectivity index (χ4n) is 4.36. The van der Waals surface area contributed by atoms with Crippen LogP contribution < -0.4 is 5.43 Å². The second kappa shape index (κ2) is 8.85. The Labute approximate surface area is 187 Å². The highest BCUT2D eigenvalue weighted by Gasteiger charge is 2.42. The zero-order valence-corrected chi connectivity index (χ0v) is 18.9. The minimum Gasteiger partial charge on any atom is -0.450 e. The minimum atomic E-state index is -0.457. The first kappa shape index (κ1) is 21.6. The molecule has 1 aliphatic rings. The summed E-state index contributed by atoms with van der Waals surface area (Å²) in [6.45, 7) is 9.50. The predicted octanol–water partition coefficient (Wildman–Crippen LogP) is 5.03. The maximum Gasteiger partial charge on any atom is 0.290 e. The number of carbonyl (C=O) groups excluding carboxylic acids is 1. The molecule has 0 spiro atoms. The molecule has 1 aromatic heterocycles. The summed E-state index contributed by atoms with van der Waals surface area (Å²) in [6.07, 6.45) is 0.823. The summed E-state index contributed by atoms with van der Waals surface area (Å²) in [5.74, 6) is -0.0779. The molecular formula is C25H27ClN2O3. The first-order valence-electron chi connectivity index (χ1n) is 10.8. The largest absolute Gasteiger partial charge is 0.450 e. The highest BCUT2D eigenvalue weighted by Crippen LogP contribution is 2.38. The van der Waals surface area contributed by atoms with Gasteiger partial charge in [0.2, 0.25) is 5.76 Å². The first-order valence-corrected chi connectivity index (χ1v) is 11.2. The van der Waals surface area contributed by atoms with Gasteiger partial charge in [-0.3, -0.25) is 9.59 Å². The van der Waals surface area contributed by atoms with Gasteiger partial charge < -0.3 is 14.2 Å². The van der Waals surface area contributed by atoms with E-state index < -0.39 is 6.04 Å². The van der Waals surface area contributed by atoms with Crippen LogP contribution in [0.4, 0.5) is 0 Å². The van der Waals surface area contributed by atoms with Crippen LogP contribution in [0.3, 0.4) is 0 Å². The molecule has 0 radical (unpaired) electrons. The van der Waals surface area contributed by atoms with Crippen LogP contribution >= 0.6 is 11.6 Å². The number of rotatable bonds is 7. The van der Waals surface area contributed by atoms with Gasteiger partial charge in [-0.1, -0.05) is 55.8 Å². The Morgan fingerprint density at radius 3 is 2.48 bits per heavy atom. The molecule has 1 aliphatic heterocycles. The number of nitrogens with zero attached hydrogens (tertiary/aromatic N) is 2. The van der Waals surface area contributed by atoms with Crippen molar-refractivity contribution in [2.75, 3.05) is 26.2 Å². The Morgan fingerprint density at radius 1 is 1.10 bits per heavy atom. The van der Waals surface area contributed by atoms with E-state index in [-0.39, 0.29) is 17.1 Å². The van der Waals surface area contributed by atoms with E-state index in [1.165, 1.54) is 0 Å². The lowest BCUT2D eigenvalue weighted by atomic mass is 9.98. The molecule has 162 valence electrons. The number of fused-ring (bicyclic) bond motifs is 2. The van der Waals surface area contributed by atoms with Crippen LogP contribution in [0.25, 0.3) is 11.0 Å². The van der Waals surface area contributed by atoms with E-state index in [4.69, 9.17) is 16.0 Å². The summed E-state index contributed by atoms with van der Waals surface area (Å²) >= 11 is 6.28. The molecule has 0 saturated carbocycles. The monoisotopic (exact) mass is 438 g/mol. The third-order valence-corrected chi connectivity index (χ3v) is 6.54. The van der Waals surface area contributed by atoms with Crippen molar-refractivity contribution in [2.24, 2.45) is 0 Å². The van der Waals surface area contributed by atoms with Gasteiger partial charge in [-0.2, -0.15) is 0 Å². The molecule has 3 aromatic rings. The van der Waals surface area contributed by atoms with Gasteiger partial charge in [-0.05, 0) is 56.2 Å². The predicted molar refractivity (Wildman–Crippen MR) is 124 cm³/mol. The molecule has 1 amide bonds. The van der Waals surface area contributed by atoms with Crippen LogP contribution in [0, 0.1) is 6.92 Å². The Hall–Kier alpha value is -2.63. The van der Waals surface area contributed by atoms with Gasteiger partial charge >= 0.3 is 0 Å². The molecule has 2 aromatic carbocycles. The maximum absolute atomic E-state index is 13.5. The second-order valence-corrected chi connectivity index (χ2v) is 8.37. The lowest BCUT2D eigenvalue weighted by Crippen LogP contribution is -2.33. The lowest BCUT2D eigenvalue weighted by molar-refractivity contribution is 0.0720. The van der Waals surface area contributed by atoms with E-state index in [2.05, 4.69) is 18.7 Å². The van der Waals surface area contributed by atoms with Crippen molar-refractivity contribution in [3.05, 3.63) is 80.2 Å². The Bertz CT molecular complexity index is 1170. The Morgan fingerprint density at radius 2 is 1.81 bits per heavy atom. The fraction of sp³-hybridized carbons (Fsp3) is 0.360. The Balaban J connectivity index is 1.81. The van der Waals surface area contributed by atoms with Crippen molar-refractivity contribution in [3.63, 3.8) is 0 Å². The third-order valence-electron chi connectivity index (χ3n) is 6.13. The highest BCUT2D eigenvalue weighted by molar-refractivity contribution is 6.32. The molecule has 2 heterocycles. The molecule has 0 bridgehead atoms. The normalized spacial score (nSPS) is 15.8. The topological polar surface area (TPSA) is 53.8 Å². The molecule has 31 heavy (non-hydrogen) atoms. The zero-order valence-electron chi connectivity index (χ0n) is 18.2. The van der Waals surface area contributed by atoms with Crippen molar-refractivity contribution in [3.8, 4) is 0 Å². The van der Waals surface area contributed by atoms with E-state index >= 15 is 0 Å². The van der Waals surface area contributed by atoms with E-state index in [0.29, 0.717) is 28.1 Å². The number of hydrogen-bond donors (Lipinski definition) is 0. The third kappa shape index (κ3) is 3.88. The van der Waals surface area contributed by atoms with Crippen LogP contribution in [0.15, 0.2) is 51.7 Å². The van der Waals surface area contributed by atoms with Gasteiger partial charge in [-0.15, -0.1) is 0 Å². The van der Waals surface area contributed by atoms with E-state index in [1.54, 1.807) is 17.0 Å². The molecular weight excluding hydrogens is 412 g/mol. The SMILES string of the molecule is CCN(CC)CCCN1C(=O)c2oc3cc(C)c(Cl)cc3c(=O)c2C1c1ccccc1. The lowest BCUT2D eigenvalue weighted by Gasteiger charge is -2.26. The van der Waals surface area contributed by atoms with Crippen molar-refractivity contribution in [1.82, 2.24) is 9.80 Å². The Kier molecular flexibility index (Phi) is 6.17. The van der Waals surface area contributed by atoms with Gasteiger partial charge in [-0.25, -0.2) is 0 Å². The van der Waals surface area contributed by atoms with Gasteiger partial charge in [0.05, 0.1) is 17.0 Å². The molecule has 1 atom stereocenters. The second-order valence-electron chi connectivity index (χ2n) is 7.96. The maximum atomic E-state index is 13.5. The summed E-state index contributed by atoms with van der Waals surface area (Å²) in [6, 6.07) is 12.6. The molecule has 0 N–H and O–H groups in total. The van der Waals surface area contributed by atoms with E-state index in [1.807, 2.05) is 37.3 Å². The molecule has 0 saturated heterocycles. The summed E-state index contributed by atoms with van der Waals surface area (Å²) in [5.41, 5.74) is 2.33. The molecule has 1 unspecified atom stereocenters. The van der Waals surface area contributed by atoms with E-state index in [9.17, 15) is 9.59 Å². The van der Waals surface area contributed by atoms with Crippen LogP contribution in [0.5, 0.6) is 0 Å². The molecule has 0 aliphatic carbocycles. The van der Waals surface area contributed by atoms with Crippen molar-refractivity contribution < 1.29 is 9.21 Å². The standard InChI is InChI=1S/C25H27ClN2O3/c1-4-27(5-2)12-9-13-28-22(17-10-7-6-8-11-17)21-23(29)18-15-19(26)16(3)14-20(18)31-24(21)25(28)30/h6-8,10-11,14-15,22H,4-5,9,12-13H2,1-3H3. The van der Waals surface area contributed by atoms with Crippen LogP contribution in [-0.4, -0.2) is 41.9 Å². The summed E-state index contributed by atoms with van der Waals surface area (Å²) in [5, 5.41) is 0.921. The average molecular weight is 439 g/mol. The average Bonchev–Trinajstić information content (AvgIpc) is 3.05. The van der Waals surface area contributed by atoms with Crippen LogP contribution in [0.2, 0.25) is 5.02 Å². The summed E-state index contributed by atoms with van der Waals surface area (Å²) in [4.78, 5) is 31.0. The van der Waals surface area contributed by atoms with Crippen molar-refractivity contribution >= 4 is 28.5 Å². The number of carbonyl (C=O) groups is 1. The van der Waals surface area contributed by atoms with Gasteiger partial charge in [0, 0.05) is 11.6 Å². The molecule has 4 rings (SSSR count). The summed E-state index contributed by atoms with van der Waals surface area (Å²) in [7, 11) is 0.